The average molecular weight is 304 g/mol. The summed E-state index contributed by atoms with van der Waals surface area (Å²) in [6.45, 7) is 4.41. The predicted molar refractivity (Wildman–Crippen MR) is 89.1 cm³/mol. The quantitative estimate of drug-likeness (QED) is 0.338. The Balaban J connectivity index is 3.78. The van der Waals surface area contributed by atoms with Gasteiger partial charge in [-0.2, -0.15) is 0 Å². The number of nitrogens with two attached hydrogens (primary N) is 1. The van der Waals surface area contributed by atoms with Crippen molar-refractivity contribution in [1.29, 1.82) is 0 Å². The zero-order valence-electron chi connectivity index (χ0n) is 13.5. The van der Waals surface area contributed by atoms with Crippen LogP contribution in [0.5, 0.6) is 0 Å². The standard InChI is InChI=1S/C17H34ClNO/c1-3-5-7-8-9-11-12-15(17(19)20)14-16(18)13-10-6-4-2/h15-16H,3-14H2,1-2H3,(H2,19,20). The van der Waals surface area contributed by atoms with Gasteiger partial charge in [0, 0.05) is 11.3 Å². The number of rotatable bonds is 14. The summed E-state index contributed by atoms with van der Waals surface area (Å²) >= 11 is 6.33. The molecule has 0 aliphatic heterocycles. The zero-order chi connectivity index (χ0) is 15.2. The van der Waals surface area contributed by atoms with Crippen molar-refractivity contribution in [3.05, 3.63) is 0 Å². The predicted octanol–water partition coefficient (Wildman–Crippen LogP) is 5.42. The Morgan fingerprint density at radius 2 is 1.40 bits per heavy atom. The second kappa shape index (κ2) is 13.7. The Bertz CT molecular complexity index is 233. The molecule has 1 amide bonds. The van der Waals surface area contributed by atoms with E-state index in [1.54, 1.807) is 0 Å². The molecule has 0 radical (unpaired) electrons. The molecule has 0 spiro atoms. The van der Waals surface area contributed by atoms with Gasteiger partial charge >= 0.3 is 0 Å². The monoisotopic (exact) mass is 303 g/mol. The molecule has 0 heterocycles. The lowest BCUT2D eigenvalue weighted by Crippen LogP contribution is -2.25. The van der Waals surface area contributed by atoms with Crippen LogP contribution in [0, 0.1) is 5.92 Å². The average Bonchev–Trinajstić information content (AvgIpc) is 2.41. The van der Waals surface area contributed by atoms with Crippen molar-refractivity contribution in [2.24, 2.45) is 11.7 Å². The first-order chi connectivity index (χ1) is 9.61. The number of primary amides is 1. The van der Waals surface area contributed by atoms with Crippen LogP contribution in [0.15, 0.2) is 0 Å². The van der Waals surface area contributed by atoms with Crippen LogP contribution in [0.3, 0.4) is 0 Å². The van der Waals surface area contributed by atoms with Crippen LogP contribution >= 0.6 is 11.6 Å². The van der Waals surface area contributed by atoms with Gasteiger partial charge in [0.2, 0.25) is 5.91 Å². The number of unbranched alkanes of at least 4 members (excludes halogenated alkanes) is 7. The third-order valence-electron chi connectivity index (χ3n) is 3.97. The molecule has 0 aromatic rings. The molecule has 0 aromatic heterocycles. The summed E-state index contributed by atoms with van der Waals surface area (Å²) in [5.41, 5.74) is 5.50. The maximum atomic E-state index is 11.5. The summed E-state index contributed by atoms with van der Waals surface area (Å²) in [5, 5.41) is 0.110. The van der Waals surface area contributed by atoms with E-state index in [9.17, 15) is 4.79 Å². The molecule has 0 aliphatic carbocycles. The fourth-order valence-corrected chi connectivity index (χ4v) is 2.96. The van der Waals surface area contributed by atoms with Crippen LogP contribution in [0.4, 0.5) is 0 Å². The highest BCUT2D eigenvalue weighted by molar-refractivity contribution is 6.20. The molecule has 20 heavy (non-hydrogen) atoms. The molecule has 3 heteroatoms. The SMILES string of the molecule is CCCCCCCCC(CC(Cl)CCCCC)C(N)=O. The van der Waals surface area contributed by atoms with Crippen molar-refractivity contribution in [1.82, 2.24) is 0 Å². The molecule has 2 atom stereocenters. The maximum Gasteiger partial charge on any atom is 0.220 e. The first-order valence-corrected chi connectivity index (χ1v) is 8.98. The molecule has 0 rings (SSSR count). The molecule has 0 saturated heterocycles. The van der Waals surface area contributed by atoms with Crippen molar-refractivity contribution >= 4 is 17.5 Å². The highest BCUT2D eigenvalue weighted by Gasteiger charge is 2.19. The third-order valence-corrected chi connectivity index (χ3v) is 4.37. The summed E-state index contributed by atoms with van der Waals surface area (Å²) in [6, 6.07) is 0. The second-order valence-electron chi connectivity index (χ2n) is 5.98. The number of halogens is 1. The molecule has 0 bridgehead atoms. The fourth-order valence-electron chi connectivity index (χ4n) is 2.59. The highest BCUT2D eigenvalue weighted by Crippen LogP contribution is 2.22. The summed E-state index contributed by atoms with van der Waals surface area (Å²) in [7, 11) is 0. The van der Waals surface area contributed by atoms with E-state index in [0.717, 1.165) is 32.1 Å². The zero-order valence-corrected chi connectivity index (χ0v) is 14.3. The Morgan fingerprint density at radius 1 is 0.900 bits per heavy atom. The van der Waals surface area contributed by atoms with Gasteiger partial charge in [-0.25, -0.2) is 0 Å². The molecule has 120 valence electrons. The minimum atomic E-state index is -0.167. The molecular weight excluding hydrogens is 270 g/mol. The number of amides is 1. The summed E-state index contributed by atoms with van der Waals surface area (Å²) < 4.78 is 0. The molecule has 0 saturated carbocycles. The number of alkyl halides is 1. The molecule has 0 fully saturated rings. The van der Waals surface area contributed by atoms with E-state index in [4.69, 9.17) is 17.3 Å². The smallest absolute Gasteiger partial charge is 0.220 e. The van der Waals surface area contributed by atoms with Crippen LogP contribution in [-0.2, 0) is 4.79 Å². The maximum absolute atomic E-state index is 11.5. The molecule has 0 aliphatic rings. The van der Waals surface area contributed by atoms with Gasteiger partial charge in [-0.1, -0.05) is 71.6 Å². The van der Waals surface area contributed by atoms with Gasteiger partial charge in [0.1, 0.15) is 0 Å². The second-order valence-corrected chi connectivity index (χ2v) is 6.60. The number of hydrogen-bond donors (Lipinski definition) is 1. The van der Waals surface area contributed by atoms with Crippen molar-refractivity contribution < 1.29 is 4.79 Å². The minimum Gasteiger partial charge on any atom is -0.369 e. The van der Waals surface area contributed by atoms with Crippen LogP contribution in [-0.4, -0.2) is 11.3 Å². The van der Waals surface area contributed by atoms with E-state index in [2.05, 4.69) is 13.8 Å². The summed E-state index contributed by atoms with van der Waals surface area (Å²) in [5.74, 6) is -0.190. The van der Waals surface area contributed by atoms with Crippen molar-refractivity contribution in [3.63, 3.8) is 0 Å². The van der Waals surface area contributed by atoms with Gasteiger partial charge in [-0.15, -0.1) is 11.6 Å². The number of carbonyl (C=O) groups excluding carboxylic acids is 1. The highest BCUT2D eigenvalue weighted by atomic mass is 35.5. The molecule has 2 nitrogen and oxygen atoms in total. The van der Waals surface area contributed by atoms with Crippen LogP contribution in [0.25, 0.3) is 0 Å². The first-order valence-electron chi connectivity index (χ1n) is 8.55. The van der Waals surface area contributed by atoms with Gasteiger partial charge in [-0.3, -0.25) is 4.79 Å². The van der Waals surface area contributed by atoms with Gasteiger partial charge in [0.05, 0.1) is 0 Å². The van der Waals surface area contributed by atoms with Gasteiger partial charge in [0.25, 0.3) is 0 Å². The van der Waals surface area contributed by atoms with Crippen LogP contribution in [0.1, 0.15) is 90.9 Å². The Labute approximate surface area is 130 Å². The normalized spacial score (nSPS) is 14.2. The van der Waals surface area contributed by atoms with Gasteiger partial charge < -0.3 is 5.73 Å². The number of hydrogen-bond acceptors (Lipinski definition) is 1. The molecule has 2 unspecified atom stereocenters. The molecular formula is C17H34ClNO. The van der Waals surface area contributed by atoms with Crippen LogP contribution in [0.2, 0.25) is 0 Å². The molecule has 0 aromatic carbocycles. The third kappa shape index (κ3) is 11.6. The Hall–Kier alpha value is -0.240. The summed E-state index contributed by atoms with van der Waals surface area (Å²) in [4.78, 5) is 11.5. The van der Waals surface area contributed by atoms with Crippen molar-refractivity contribution in [2.45, 2.75) is 96.3 Å². The van der Waals surface area contributed by atoms with E-state index >= 15 is 0 Å². The molecule has 2 N–H and O–H groups in total. The van der Waals surface area contributed by atoms with Crippen molar-refractivity contribution in [2.75, 3.05) is 0 Å². The van der Waals surface area contributed by atoms with E-state index in [1.165, 1.54) is 44.9 Å². The largest absolute Gasteiger partial charge is 0.369 e. The van der Waals surface area contributed by atoms with Crippen LogP contribution < -0.4 is 5.73 Å². The topological polar surface area (TPSA) is 43.1 Å². The lowest BCUT2D eigenvalue weighted by atomic mass is 9.93. The van der Waals surface area contributed by atoms with E-state index in [1.807, 2.05) is 0 Å². The van der Waals surface area contributed by atoms with E-state index in [0.29, 0.717) is 0 Å². The lowest BCUT2D eigenvalue weighted by molar-refractivity contribution is -0.122. The first kappa shape index (κ1) is 19.8. The summed E-state index contributed by atoms with van der Waals surface area (Å²) in [6.07, 6.45) is 13.8. The Kier molecular flexibility index (Phi) is 13.6. The fraction of sp³-hybridized carbons (Fsp3) is 0.941. The Morgan fingerprint density at radius 3 is 2.00 bits per heavy atom. The van der Waals surface area contributed by atoms with Crippen molar-refractivity contribution in [3.8, 4) is 0 Å². The van der Waals surface area contributed by atoms with E-state index in [-0.39, 0.29) is 17.2 Å². The number of carbonyl (C=O) groups is 1. The van der Waals surface area contributed by atoms with E-state index < -0.39 is 0 Å². The lowest BCUT2D eigenvalue weighted by Gasteiger charge is -2.17. The van der Waals surface area contributed by atoms with Gasteiger partial charge in [-0.05, 0) is 19.3 Å². The van der Waals surface area contributed by atoms with Gasteiger partial charge in [0.15, 0.2) is 0 Å². The minimum absolute atomic E-state index is 0.0229.